The van der Waals surface area contributed by atoms with Gasteiger partial charge in [0.15, 0.2) is 0 Å². The first-order chi connectivity index (χ1) is 17.3. The van der Waals surface area contributed by atoms with Crippen molar-refractivity contribution in [3.8, 4) is 0 Å². The van der Waals surface area contributed by atoms with Crippen LogP contribution >= 0.6 is 0 Å². The number of ether oxygens (including phenoxy) is 3. The van der Waals surface area contributed by atoms with Crippen molar-refractivity contribution < 1.29 is 33.6 Å². The van der Waals surface area contributed by atoms with Crippen LogP contribution in [0.1, 0.15) is 51.1 Å². The van der Waals surface area contributed by atoms with E-state index >= 15 is 0 Å². The molecule has 9 nitrogen and oxygen atoms in total. The predicted molar refractivity (Wildman–Crippen MR) is 138 cm³/mol. The predicted octanol–water partition coefficient (Wildman–Crippen LogP) is 2.26. The van der Waals surface area contributed by atoms with E-state index in [9.17, 15) is 15.0 Å². The lowest BCUT2D eigenvalue weighted by molar-refractivity contribution is -0.152. The van der Waals surface area contributed by atoms with Crippen LogP contribution in [0.15, 0.2) is 16.5 Å². The minimum Gasteiger partial charge on any atom is -0.466 e. The van der Waals surface area contributed by atoms with Crippen LogP contribution in [0, 0.1) is 12.8 Å². The molecule has 1 aromatic heterocycles. The van der Waals surface area contributed by atoms with Gasteiger partial charge >= 0.3 is 0 Å². The van der Waals surface area contributed by atoms with Gasteiger partial charge in [0.2, 0.25) is 5.91 Å². The fraction of sp³-hybridized carbons (Fsp3) is 0.815. The first-order valence-electron chi connectivity index (χ1n) is 13.3. The van der Waals surface area contributed by atoms with Crippen LogP contribution in [0.4, 0.5) is 0 Å². The van der Waals surface area contributed by atoms with Gasteiger partial charge in [0.25, 0.3) is 0 Å². The Bertz CT molecular complexity index is 741. The first kappa shape index (κ1) is 30.7. The molecule has 1 aromatic rings. The molecule has 2 heterocycles. The molecule has 0 aliphatic carbocycles. The van der Waals surface area contributed by atoms with Crippen LogP contribution in [0.25, 0.3) is 0 Å². The largest absolute Gasteiger partial charge is 0.466 e. The molecule has 0 unspecified atom stereocenters. The third-order valence-electron chi connectivity index (χ3n) is 6.74. The van der Waals surface area contributed by atoms with E-state index in [0.29, 0.717) is 26.1 Å². The average molecular weight is 513 g/mol. The quantitative estimate of drug-likeness (QED) is 0.519. The monoisotopic (exact) mass is 512 g/mol. The fourth-order valence-corrected chi connectivity index (χ4v) is 4.87. The smallest absolute Gasteiger partial charge is 0.248 e. The Hall–Kier alpha value is -1.49. The minimum absolute atomic E-state index is 0.0215. The van der Waals surface area contributed by atoms with Gasteiger partial charge in [0.05, 0.1) is 12.6 Å². The third kappa shape index (κ3) is 10.1. The molecule has 1 fully saturated rings. The van der Waals surface area contributed by atoms with Crippen molar-refractivity contribution in [2.24, 2.45) is 5.92 Å². The highest BCUT2D eigenvalue weighted by Gasteiger charge is 2.38. The summed E-state index contributed by atoms with van der Waals surface area (Å²) in [6.45, 7) is 9.55. The maximum atomic E-state index is 13.2. The Balaban J connectivity index is 2.23. The number of furan rings is 1. The summed E-state index contributed by atoms with van der Waals surface area (Å²) in [6, 6.07) is 3.60. The topological polar surface area (TPSA) is 105 Å². The maximum absolute atomic E-state index is 13.2. The van der Waals surface area contributed by atoms with Gasteiger partial charge in [-0.1, -0.05) is 13.8 Å². The van der Waals surface area contributed by atoms with Crippen LogP contribution in [-0.4, -0.2) is 110 Å². The van der Waals surface area contributed by atoms with E-state index in [2.05, 4.69) is 18.7 Å². The van der Waals surface area contributed by atoms with Crippen molar-refractivity contribution in [1.82, 2.24) is 9.80 Å². The summed E-state index contributed by atoms with van der Waals surface area (Å²) in [6.07, 6.45) is 1.19. The fourth-order valence-electron chi connectivity index (χ4n) is 4.87. The lowest BCUT2D eigenvalue weighted by Gasteiger charge is -2.41. The molecule has 208 valence electrons. The van der Waals surface area contributed by atoms with E-state index in [4.69, 9.17) is 18.6 Å². The van der Waals surface area contributed by atoms with E-state index in [1.165, 1.54) is 14.2 Å². The molecule has 1 aliphatic heterocycles. The van der Waals surface area contributed by atoms with Crippen LogP contribution in [-0.2, 0) is 25.4 Å². The summed E-state index contributed by atoms with van der Waals surface area (Å²) in [4.78, 5) is 17.4. The average Bonchev–Trinajstić information content (AvgIpc) is 3.25. The number of aliphatic hydroxyl groups is 2. The van der Waals surface area contributed by atoms with Crippen molar-refractivity contribution in [3.63, 3.8) is 0 Å². The lowest BCUT2D eigenvalue weighted by Crippen LogP contribution is -2.57. The van der Waals surface area contributed by atoms with E-state index in [0.717, 1.165) is 50.3 Å². The SMILES string of the molecule is COCC(=O)N1CCN(CCCc2ccc(C)o2)CCCCOC[C@H](O)[C@H](O)[C@@H](OC)[C@@H]1CC(C)C. The molecule has 0 bridgehead atoms. The number of aryl methyl sites for hydroxylation is 2. The third-order valence-corrected chi connectivity index (χ3v) is 6.74. The van der Waals surface area contributed by atoms with Crippen LogP contribution in [0.3, 0.4) is 0 Å². The highest BCUT2D eigenvalue weighted by atomic mass is 16.5. The molecule has 1 saturated heterocycles. The Morgan fingerprint density at radius 2 is 1.94 bits per heavy atom. The summed E-state index contributed by atoms with van der Waals surface area (Å²) in [5, 5.41) is 21.6. The molecule has 4 atom stereocenters. The molecular formula is C27H48N2O7. The molecular weight excluding hydrogens is 464 g/mol. The van der Waals surface area contributed by atoms with Crippen molar-refractivity contribution in [3.05, 3.63) is 23.7 Å². The summed E-state index contributed by atoms with van der Waals surface area (Å²) in [7, 11) is 3.02. The van der Waals surface area contributed by atoms with E-state index in [-0.39, 0.29) is 25.0 Å². The zero-order chi connectivity index (χ0) is 26.5. The summed E-state index contributed by atoms with van der Waals surface area (Å²) in [5.74, 6) is 2.01. The first-order valence-corrected chi connectivity index (χ1v) is 13.3. The number of methoxy groups -OCH3 is 2. The Morgan fingerprint density at radius 3 is 2.58 bits per heavy atom. The minimum atomic E-state index is -1.19. The second kappa shape index (κ2) is 16.4. The van der Waals surface area contributed by atoms with E-state index in [1.807, 2.05) is 19.1 Å². The van der Waals surface area contributed by atoms with Gasteiger partial charge in [-0.05, 0) is 63.7 Å². The second-order valence-corrected chi connectivity index (χ2v) is 10.2. The number of aliphatic hydroxyl groups excluding tert-OH is 2. The number of carbonyl (C=O) groups excluding carboxylic acids is 1. The Labute approximate surface area is 216 Å². The zero-order valence-corrected chi connectivity index (χ0v) is 22.9. The van der Waals surface area contributed by atoms with Crippen molar-refractivity contribution in [2.75, 3.05) is 60.2 Å². The lowest BCUT2D eigenvalue weighted by atomic mass is 9.92. The van der Waals surface area contributed by atoms with Crippen molar-refractivity contribution >= 4 is 5.91 Å². The van der Waals surface area contributed by atoms with Gasteiger partial charge in [-0.2, -0.15) is 0 Å². The molecule has 1 aliphatic rings. The van der Waals surface area contributed by atoms with Gasteiger partial charge in [-0.25, -0.2) is 0 Å². The highest BCUT2D eigenvalue weighted by Crippen LogP contribution is 2.22. The molecule has 0 saturated carbocycles. The molecule has 1 amide bonds. The summed E-state index contributed by atoms with van der Waals surface area (Å²) >= 11 is 0. The molecule has 0 aromatic carbocycles. The molecule has 2 rings (SSSR count). The Morgan fingerprint density at radius 1 is 1.17 bits per heavy atom. The van der Waals surface area contributed by atoms with Gasteiger partial charge in [0.1, 0.15) is 36.4 Å². The van der Waals surface area contributed by atoms with Crippen LogP contribution in [0.2, 0.25) is 0 Å². The summed E-state index contributed by atoms with van der Waals surface area (Å²) in [5.41, 5.74) is 0. The number of rotatable bonds is 9. The van der Waals surface area contributed by atoms with Gasteiger partial charge in [-0.15, -0.1) is 0 Å². The molecule has 0 radical (unpaired) electrons. The Kier molecular flexibility index (Phi) is 14.0. The highest BCUT2D eigenvalue weighted by molar-refractivity contribution is 5.78. The number of hydrogen-bond acceptors (Lipinski definition) is 8. The standard InChI is InChI=1S/C27H48N2O7/c1-20(2)17-23-27(34-5)26(32)24(30)18-35-16-7-6-12-28(14-15-29(23)25(31)19-33-4)13-8-9-22-11-10-21(3)36-22/h10-11,20,23-24,26-27,30,32H,6-9,12-19H2,1-5H3/t23-,24-,26-,27-/m0/s1. The number of hydrogen-bond donors (Lipinski definition) is 2. The molecule has 2 N–H and O–H groups in total. The molecule has 9 heteroatoms. The molecule has 0 spiro atoms. The van der Waals surface area contributed by atoms with Crippen LogP contribution < -0.4 is 0 Å². The number of nitrogens with zero attached hydrogens (tertiary/aromatic N) is 2. The zero-order valence-electron chi connectivity index (χ0n) is 22.9. The van der Waals surface area contributed by atoms with E-state index < -0.39 is 24.4 Å². The second-order valence-electron chi connectivity index (χ2n) is 10.2. The van der Waals surface area contributed by atoms with E-state index in [1.54, 1.807) is 4.90 Å². The van der Waals surface area contributed by atoms with Crippen molar-refractivity contribution in [2.45, 2.75) is 77.2 Å². The molecule has 36 heavy (non-hydrogen) atoms. The maximum Gasteiger partial charge on any atom is 0.248 e. The number of amides is 1. The van der Waals surface area contributed by atoms with Gasteiger partial charge in [-0.3, -0.25) is 4.79 Å². The van der Waals surface area contributed by atoms with Gasteiger partial charge in [0, 0.05) is 40.3 Å². The van der Waals surface area contributed by atoms with Crippen LogP contribution in [0.5, 0.6) is 0 Å². The van der Waals surface area contributed by atoms with Crippen molar-refractivity contribution in [1.29, 1.82) is 0 Å². The number of carbonyl (C=O) groups is 1. The summed E-state index contributed by atoms with van der Waals surface area (Å²) < 4.78 is 22.3. The normalized spacial score (nSPS) is 25.7. The van der Waals surface area contributed by atoms with Gasteiger partial charge < -0.3 is 38.6 Å².